The Bertz CT molecular complexity index is 587. The maximum atomic E-state index is 12.9. The van der Waals surface area contributed by atoms with Crippen LogP contribution in [0.4, 0.5) is 4.39 Å². The summed E-state index contributed by atoms with van der Waals surface area (Å²) in [6.45, 7) is 3.98. The molecule has 0 aliphatic heterocycles. The number of hydrogen-bond donors (Lipinski definition) is 1. The number of pyridine rings is 1. The molecule has 0 saturated heterocycles. The van der Waals surface area contributed by atoms with Crippen LogP contribution >= 0.6 is 23.2 Å². The van der Waals surface area contributed by atoms with Crippen molar-refractivity contribution in [1.82, 2.24) is 10.3 Å². The molecule has 106 valence electrons. The summed E-state index contributed by atoms with van der Waals surface area (Å²) < 4.78 is 12.9. The SMILES string of the molecule is C[C@H](N[C@@H](C)c1ccc(Cl)cc1Cl)c1ccc(F)cn1. The molecule has 0 saturated carbocycles. The van der Waals surface area contributed by atoms with E-state index in [0.29, 0.717) is 10.0 Å². The third kappa shape index (κ3) is 3.69. The van der Waals surface area contributed by atoms with Gasteiger partial charge in [-0.05, 0) is 43.7 Å². The van der Waals surface area contributed by atoms with Crippen molar-refractivity contribution < 1.29 is 4.39 Å². The summed E-state index contributed by atoms with van der Waals surface area (Å²) in [5, 5.41) is 4.61. The van der Waals surface area contributed by atoms with Gasteiger partial charge >= 0.3 is 0 Å². The number of hydrogen-bond acceptors (Lipinski definition) is 2. The first-order valence-corrected chi connectivity index (χ1v) is 7.05. The third-order valence-electron chi connectivity index (χ3n) is 3.12. The minimum absolute atomic E-state index is 0.0163. The van der Waals surface area contributed by atoms with E-state index in [0.717, 1.165) is 11.3 Å². The average Bonchev–Trinajstić information content (AvgIpc) is 2.39. The van der Waals surface area contributed by atoms with Gasteiger partial charge in [-0.2, -0.15) is 0 Å². The zero-order chi connectivity index (χ0) is 14.7. The molecule has 1 aromatic heterocycles. The molecule has 0 aliphatic rings. The van der Waals surface area contributed by atoms with Crippen molar-refractivity contribution in [2.45, 2.75) is 25.9 Å². The second kappa shape index (κ2) is 6.53. The lowest BCUT2D eigenvalue weighted by molar-refractivity contribution is 0.484. The Labute approximate surface area is 127 Å². The van der Waals surface area contributed by atoms with Gasteiger partial charge < -0.3 is 5.32 Å². The van der Waals surface area contributed by atoms with E-state index in [-0.39, 0.29) is 17.9 Å². The molecular weight excluding hydrogens is 298 g/mol. The lowest BCUT2D eigenvalue weighted by atomic mass is 10.1. The molecule has 2 rings (SSSR count). The number of benzene rings is 1. The normalized spacial score (nSPS) is 14.1. The fourth-order valence-corrected chi connectivity index (χ4v) is 2.62. The predicted octanol–water partition coefficient (Wildman–Crippen LogP) is 4.94. The van der Waals surface area contributed by atoms with Gasteiger partial charge in [0.15, 0.2) is 0 Å². The van der Waals surface area contributed by atoms with E-state index >= 15 is 0 Å². The maximum Gasteiger partial charge on any atom is 0.141 e. The van der Waals surface area contributed by atoms with Crippen LogP contribution in [0.5, 0.6) is 0 Å². The lowest BCUT2D eigenvalue weighted by Gasteiger charge is -2.21. The highest BCUT2D eigenvalue weighted by molar-refractivity contribution is 6.35. The maximum absolute atomic E-state index is 12.9. The Morgan fingerprint density at radius 1 is 1.10 bits per heavy atom. The zero-order valence-electron chi connectivity index (χ0n) is 11.2. The molecule has 2 aromatic rings. The lowest BCUT2D eigenvalue weighted by Crippen LogP contribution is -2.23. The van der Waals surface area contributed by atoms with E-state index in [2.05, 4.69) is 10.3 Å². The Morgan fingerprint density at radius 2 is 1.85 bits per heavy atom. The van der Waals surface area contributed by atoms with Gasteiger partial charge in [-0.3, -0.25) is 4.98 Å². The van der Waals surface area contributed by atoms with E-state index in [1.165, 1.54) is 12.3 Å². The average molecular weight is 313 g/mol. The van der Waals surface area contributed by atoms with Crippen LogP contribution < -0.4 is 5.32 Å². The summed E-state index contributed by atoms with van der Waals surface area (Å²) >= 11 is 12.1. The molecular formula is C15H15Cl2FN2. The molecule has 5 heteroatoms. The van der Waals surface area contributed by atoms with Crippen LogP contribution in [-0.4, -0.2) is 4.98 Å². The standard InChI is InChI=1S/C15H15Cl2FN2/c1-9(13-5-3-11(16)7-14(13)17)20-10(2)15-6-4-12(18)8-19-15/h3-10,20H,1-2H3/t9-,10-/m0/s1. The predicted molar refractivity (Wildman–Crippen MR) is 80.6 cm³/mol. The molecule has 0 bridgehead atoms. The minimum Gasteiger partial charge on any atom is -0.302 e. The van der Waals surface area contributed by atoms with Crippen LogP contribution in [0, 0.1) is 5.82 Å². The summed E-state index contributed by atoms with van der Waals surface area (Å²) in [4.78, 5) is 4.07. The number of aromatic nitrogens is 1. The highest BCUT2D eigenvalue weighted by Crippen LogP contribution is 2.27. The van der Waals surface area contributed by atoms with Crippen molar-refractivity contribution in [1.29, 1.82) is 0 Å². The van der Waals surface area contributed by atoms with E-state index in [9.17, 15) is 4.39 Å². The van der Waals surface area contributed by atoms with E-state index in [4.69, 9.17) is 23.2 Å². The van der Waals surface area contributed by atoms with Crippen molar-refractivity contribution in [3.8, 4) is 0 Å². The summed E-state index contributed by atoms with van der Waals surface area (Å²) in [6.07, 6.45) is 1.22. The Morgan fingerprint density at radius 3 is 2.45 bits per heavy atom. The summed E-state index contributed by atoms with van der Waals surface area (Å²) in [5.74, 6) is -0.338. The Balaban J connectivity index is 2.10. The van der Waals surface area contributed by atoms with E-state index < -0.39 is 0 Å². The van der Waals surface area contributed by atoms with Gasteiger partial charge in [-0.15, -0.1) is 0 Å². The first-order valence-electron chi connectivity index (χ1n) is 6.30. The largest absolute Gasteiger partial charge is 0.302 e. The molecule has 2 nitrogen and oxygen atoms in total. The molecule has 1 aromatic carbocycles. The zero-order valence-corrected chi connectivity index (χ0v) is 12.7. The molecule has 20 heavy (non-hydrogen) atoms. The molecule has 0 spiro atoms. The summed E-state index contributed by atoms with van der Waals surface area (Å²) in [7, 11) is 0. The monoisotopic (exact) mass is 312 g/mol. The molecule has 0 unspecified atom stereocenters. The van der Waals surface area contributed by atoms with Gasteiger partial charge in [0, 0.05) is 22.1 Å². The second-order valence-corrected chi connectivity index (χ2v) is 5.52. The van der Waals surface area contributed by atoms with Crippen LogP contribution in [0.15, 0.2) is 36.5 Å². The topological polar surface area (TPSA) is 24.9 Å². The molecule has 0 radical (unpaired) electrons. The third-order valence-corrected chi connectivity index (χ3v) is 3.69. The number of rotatable bonds is 4. The highest BCUT2D eigenvalue weighted by atomic mass is 35.5. The van der Waals surface area contributed by atoms with Gasteiger partial charge in [0.2, 0.25) is 0 Å². The van der Waals surface area contributed by atoms with Gasteiger partial charge in [0.05, 0.1) is 11.9 Å². The first kappa shape index (κ1) is 15.2. The molecule has 0 aliphatic carbocycles. The van der Waals surface area contributed by atoms with Gasteiger partial charge in [0.25, 0.3) is 0 Å². The molecule has 1 N–H and O–H groups in total. The fraction of sp³-hybridized carbons (Fsp3) is 0.267. The van der Waals surface area contributed by atoms with Gasteiger partial charge in [0.1, 0.15) is 5.82 Å². The fourth-order valence-electron chi connectivity index (χ4n) is 2.05. The van der Waals surface area contributed by atoms with Crippen molar-refractivity contribution >= 4 is 23.2 Å². The van der Waals surface area contributed by atoms with E-state index in [1.807, 2.05) is 26.0 Å². The smallest absolute Gasteiger partial charge is 0.141 e. The number of nitrogens with zero attached hydrogens (tertiary/aromatic N) is 1. The van der Waals surface area contributed by atoms with Gasteiger partial charge in [-0.1, -0.05) is 29.3 Å². The first-order chi connectivity index (χ1) is 9.47. The van der Waals surface area contributed by atoms with Crippen LogP contribution in [0.2, 0.25) is 10.0 Å². The van der Waals surface area contributed by atoms with Crippen LogP contribution in [0.1, 0.15) is 37.2 Å². The van der Waals surface area contributed by atoms with Crippen molar-refractivity contribution in [3.05, 3.63) is 63.6 Å². The summed E-state index contributed by atoms with van der Waals surface area (Å²) in [5.41, 5.74) is 1.74. The van der Waals surface area contributed by atoms with Crippen molar-refractivity contribution in [3.63, 3.8) is 0 Å². The van der Waals surface area contributed by atoms with Crippen LogP contribution in [0.3, 0.4) is 0 Å². The Hall–Kier alpha value is -1.16. The van der Waals surface area contributed by atoms with Crippen molar-refractivity contribution in [2.75, 3.05) is 0 Å². The second-order valence-electron chi connectivity index (χ2n) is 4.68. The molecule has 1 heterocycles. The van der Waals surface area contributed by atoms with E-state index in [1.54, 1.807) is 12.1 Å². The molecule has 0 amide bonds. The van der Waals surface area contributed by atoms with Gasteiger partial charge in [-0.25, -0.2) is 4.39 Å². The van der Waals surface area contributed by atoms with Crippen LogP contribution in [-0.2, 0) is 0 Å². The highest BCUT2D eigenvalue weighted by Gasteiger charge is 2.14. The quantitative estimate of drug-likeness (QED) is 0.865. The molecule has 2 atom stereocenters. The molecule has 0 fully saturated rings. The number of halogens is 3. The summed E-state index contributed by atoms with van der Waals surface area (Å²) in [6, 6.07) is 8.51. The van der Waals surface area contributed by atoms with Crippen LogP contribution in [0.25, 0.3) is 0 Å². The minimum atomic E-state index is -0.338. The Kier molecular flexibility index (Phi) is 4.97. The van der Waals surface area contributed by atoms with Crippen molar-refractivity contribution in [2.24, 2.45) is 0 Å². The number of nitrogens with one attached hydrogen (secondary N) is 1.